The lowest BCUT2D eigenvalue weighted by atomic mass is 10.1. The van der Waals surface area contributed by atoms with Gasteiger partial charge >= 0.3 is 6.03 Å². The van der Waals surface area contributed by atoms with Gasteiger partial charge in [0.1, 0.15) is 5.75 Å². The predicted octanol–water partition coefficient (Wildman–Crippen LogP) is 2.96. The number of fused-ring (bicyclic) bond motifs is 1. The SMILES string of the molecule is COc1ccccc1N1C(=O)N(c2cccc(Cl)c2)[C@@H]2CS(=O)(=O)C[C@H]21. The summed E-state index contributed by atoms with van der Waals surface area (Å²) in [5.41, 5.74) is 1.16. The topological polar surface area (TPSA) is 66.9 Å². The lowest BCUT2D eigenvalue weighted by molar-refractivity contribution is 0.255. The Hall–Kier alpha value is -2.25. The van der Waals surface area contributed by atoms with Crippen molar-refractivity contribution in [1.82, 2.24) is 0 Å². The van der Waals surface area contributed by atoms with Crippen LogP contribution in [0.1, 0.15) is 0 Å². The van der Waals surface area contributed by atoms with Gasteiger partial charge in [0.25, 0.3) is 0 Å². The average Bonchev–Trinajstić information content (AvgIpc) is 3.03. The molecule has 6 nitrogen and oxygen atoms in total. The second kappa shape index (κ2) is 6.17. The third kappa shape index (κ3) is 2.71. The van der Waals surface area contributed by atoms with Crippen molar-refractivity contribution < 1.29 is 17.9 Å². The first-order chi connectivity index (χ1) is 12.4. The van der Waals surface area contributed by atoms with Crippen molar-refractivity contribution in [2.75, 3.05) is 28.4 Å². The molecule has 4 rings (SSSR count). The Balaban J connectivity index is 1.84. The number of halogens is 1. The summed E-state index contributed by atoms with van der Waals surface area (Å²) in [5, 5.41) is 0.489. The summed E-state index contributed by atoms with van der Waals surface area (Å²) in [6, 6.07) is 12.8. The number of ether oxygens (including phenoxy) is 1. The number of urea groups is 1. The van der Waals surface area contributed by atoms with E-state index < -0.39 is 21.9 Å². The third-order valence-corrected chi connectivity index (χ3v) is 6.73. The molecule has 0 bridgehead atoms. The molecule has 8 heteroatoms. The van der Waals surface area contributed by atoms with Crippen LogP contribution < -0.4 is 14.5 Å². The fourth-order valence-corrected chi connectivity index (χ4v) is 5.85. The smallest absolute Gasteiger partial charge is 0.329 e. The van der Waals surface area contributed by atoms with Gasteiger partial charge in [0.2, 0.25) is 0 Å². The quantitative estimate of drug-likeness (QED) is 0.753. The van der Waals surface area contributed by atoms with E-state index in [1.807, 2.05) is 0 Å². The number of carbonyl (C=O) groups is 1. The van der Waals surface area contributed by atoms with Crippen LogP contribution in [0.4, 0.5) is 16.2 Å². The van der Waals surface area contributed by atoms with Crippen LogP contribution in [0.25, 0.3) is 0 Å². The molecule has 0 unspecified atom stereocenters. The first kappa shape index (κ1) is 17.2. The maximum absolute atomic E-state index is 13.3. The number of rotatable bonds is 3. The summed E-state index contributed by atoms with van der Waals surface area (Å²) >= 11 is 6.08. The normalized spacial score (nSPS) is 24.0. The van der Waals surface area contributed by atoms with Gasteiger partial charge in [-0.15, -0.1) is 0 Å². The van der Waals surface area contributed by atoms with Gasteiger partial charge in [-0.05, 0) is 30.3 Å². The minimum atomic E-state index is -3.25. The molecular weight excluding hydrogens is 376 g/mol. The maximum Gasteiger partial charge on any atom is 0.329 e. The van der Waals surface area contributed by atoms with Gasteiger partial charge < -0.3 is 4.74 Å². The molecule has 2 aromatic carbocycles. The van der Waals surface area contributed by atoms with Crippen LogP contribution in [0.5, 0.6) is 5.75 Å². The van der Waals surface area contributed by atoms with E-state index in [1.54, 1.807) is 48.5 Å². The van der Waals surface area contributed by atoms with Gasteiger partial charge in [0.05, 0.1) is 36.4 Å². The standard InChI is InChI=1S/C18H17ClN2O4S/c1-25-17-8-3-2-7-14(17)21-16-11-26(23,24)10-15(16)20(18(21)22)13-6-4-5-12(19)9-13/h2-9,15-16H,10-11H2,1H3/t15-,16-/m1/s1. The molecule has 0 radical (unpaired) electrons. The number of carbonyl (C=O) groups excluding carboxylic acids is 1. The summed E-state index contributed by atoms with van der Waals surface area (Å²) in [4.78, 5) is 16.3. The summed E-state index contributed by atoms with van der Waals surface area (Å²) in [6.07, 6.45) is 0. The van der Waals surface area contributed by atoms with Crippen molar-refractivity contribution in [1.29, 1.82) is 0 Å². The van der Waals surface area contributed by atoms with E-state index in [4.69, 9.17) is 16.3 Å². The summed E-state index contributed by atoms with van der Waals surface area (Å²) < 4.78 is 30.0. The summed E-state index contributed by atoms with van der Waals surface area (Å²) in [5.74, 6) is 0.386. The predicted molar refractivity (Wildman–Crippen MR) is 101 cm³/mol. The van der Waals surface area contributed by atoms with Crippen LogP contribution in [0.15, 0.2) is 48.5 Å². The highest BCUT2D eigenvalue weighted by atomic mass is 35.5. The second-order valence-electron chi connectivity index (χ2n) is 6.39. The molecule has 2 atom stereocenters. The van der Waals surface area contributed by atoms with Crippen molar-refractivity contribution in [2.24, 2.45) is 0 Å². The van der Waals surface area contributed by atoms with Gasteiger partial charge in [-0.3, -0.25) is 9.80 Å². The highest BCUT2D eigenvalue weighted by Crippen LogP contribution is 2.41. The number of hydrogen-bond acceptors (Lipinski definition) is 4. The van der Waals surface area contributed by atoms with E-state index in [2.05, 4.69) is 0 Å². The molecule has 0 saturated carbocycles. The van der Waals surface area contributed by atoms with E-state index in [-0.39, 0.29) is 17.5 Å². The Kier molecular flexibility index (Phi) is 4.08. The van der Waals surface area contributed by atoms with Gasteiger partial charge in [-0.1, -0.05) is 29.8 Å². The number of nitrogens with zero attached hydrogens (tertiary/aromatic N) is 2. The zero-order chi connectivity index (χ0) is 18.5. The number of anilines is 2. The largest absolute Gasteiger partial charge is 0.495 e. The van der Waals surface area contributed by atoms with Gasteiger partial charge in [-0.25, -0.2) is 13.2 Å². The minimum absolute atomic E-state index is 0.0679. The van der Waals surface area contributed by atoms with Crippen LogP contribution in [0.3, 0.4) is 0 Å². The highest BCUT2D eigenvalue weighted by Gasteiger charge is 2.55. The molecule has 2 saturated heterocycles. The number of para-hydroxylation sites is 2. The summed E-state index contributed by atoms with van der Waals surface area (Å²) in [6.45, 7) is 0. The molecule has 0 aromatic heterocycles. The van der Waals surface area contributed by atoms with Crippen LogP contribution in [-0.4, -0.2) is 45.1 Å². The number of hydrogen-bond donors (Lipinski definition) is 0. The maximum atomic E-state index is 13.3. The lowest BCUT2D eigenvalue weighted by Crippen LogP contribution is -2.38. The molecule has 0 aliphatic carbocycles. The van der Waals surface area contributed by atoms with E-state index >= 15 is 0 Å². The fraction of sp³-hybridized carbons (Fsp3) is 0.278. The zero-order valence-electron chi connectivity index (χ0n) is 14.0. The van der Waals surface area contributed by atoms with Crippen LogP contribution in [0.2, 0.25) is 5.02 Å². The Morgan fingerprint density at radius 2 is 1.73 bits per heavy atom. The van der Waals surface area contributed by atoms with E-state index in [0.717, 1.165) is 0 Å². The van der Waals surface area contributed by atoms with E-state index in [9.17, 15) is 13.2 Å². The molecule has 2 heterocycles. The molecular formula is C18H17ClN2O4S. The average molecular weight is 393 g/mol. The molecule has 2 aliphatic heterocycles. The van der Waals surface area contributed by atoms with Crippen molar-refractivity contribution >= 4 is 38.8 Å². The van der Waals surface area contributed by atoms with Crippen LogP contribution in [-0.2, 0) is 9.84 Å². The van der Waals surface area contributed by atoms with Crippen molar-refractivity contribution in [3.8, 4) is 5.75 Å². The Bertz CT molecular complexity index is 979. The molecule has 2 fully saturated rings. The molecule has 2 aliphatic rings. The minimum Gasteiger partial charge on any atom is -0.495 e. The fourth-order valence-electron chi connectivity index (χ4n) is 3.74. The van der Waals surface area contributed by atoms with Gasteiger partial charge in [0.15, 0.2) is 9.84 Å². The van der Waals surface area contributed by atoms with E-state index in [1.165, 1.54) is 16.9 Å². The van der Waals surface area contributed by atoms with Crippen molar-refractivity contribution in [2.45, 2.75) is 12.1 Å². The number of benzene rings is 2. The monoisotopic (exact) mass is 392 g/mol. The van der Waals surface area contributed by atoms with Gasteiger partial charge in [-0.2, -0.15) is 0 Å². The molecule has 0 N–H and O–H groups in total. The lowest BCUT2D eigenvalue weighted by Gasteiger charge is -2.24. The number of sulfone groups is 1. The van der Waals surface area contributed by atoms with Gasteiger partial charge in [0, 0.05) is 10.7 Å². The van der Waals surface area contributed by atoms with Crippen LogP contribution in [0, 0.1) is 0 Å². The molecule has 2 aromatic rings. The van der Waals surface area contributed by atoms with Crippen LogP contribution >= 0.6 is 11.6 Å². The molecule has 2 amide bonds. The first-order valence-electron chi connectivity index (χ1n) is 8.13. The zero-order valence-corrected chi connectivity index (χ0v) is 15.6. The molecule has 0 spiro atoms. The first-order valence-corrected chi connectivity index (χ1v) is 10.3. The molecule has 136 valence electrons. The second-order valence-corrected chi connectivity index (χ2v) is 8.98. The Labute approximate surface area is 156 Å². The number of amides is 2. The Morgan fingerprint density at radius 1 is 1.04 bits per heavy atom. The summed E-state index contributed by atoms with van der Waals surface area (Å²) in [7, 11) is -1.73. The highest BCUT2D eigenvalue weighted by molar-refractivity contribution is 7.91. The van der Waals surface area contributed by atoms with Crippen molar-refractivity contribution in [3.05, 3.63) is 53.6 Å². The number of methoxy groups -OCH3 is 1. The van der Waals surface area contributed by atoms with Crippen molar-refractivity contribution in [3.63, 3.8) is 0 Å². The van der Waals surface area contributed by atoms with E-state index in [0.29, 0.717) is 22.1 Å². The Morgan fingerprint density at radius 3 is 2.42 bits per heavy atom. The third-order valence-electron chi connectivity index (χ3n) is 4.80. The molecule has 26 heavy (non-hydrogen) atoms.